The summed E-state index contributed by atoms with van der Waals surface area (Å²) in [6.45, 7) is 19.0. The highest BCUT2D eigenvalue weighted by Crippen LogP contribution is 2.55. The average molecular weight is 1080 g/mol. The Hall–Kier alpha value is -9.57. The molecule has 402 valence electrons. The van der Waals surface area contributed by atoms with Gasteiger partial charge in [0, 0.05) is 51.4 Å². The fourth-order valence-corrected chi connectivity index (χ4v) is 15.1. The van der Waals surface area contributed by atoms with Gasteiger partial charge in [0.2, 0.25) is 0 Å². The molecule has 0 atom stereocenters. The van der Waals surface area contributed by atoms with Crippen molar-refractivity contribution in [2.75, 3.05) is 0 Å². The van der Waals surface area contributed by atoms with E-state index in [0.717, 1.165) is 33.8 Å². The summed E-state index contributed by atoms with van der Waals surface area (Å²) in [4.78, 5) is 14.3. The highest BCUT2D eigenvalue weighted by atomic mass is 14.8. The van der Waals surface area contributed by atoms with E-state index >= 15 is 0 Å². The Morgan fingerprint density at radius 3 is 0.821 bits per heavy atom. The van der Waals surface area contributed by atoms with Crippen LogP contribution in [-0.2, 0) is 21.7 Å². The summed E-state index contributed by atoms with van der Waals surface area (Å²) in [6, 6.07) is 82.5. The van der Waals surface area contributed by atoms with Gasteiger partial charge in [0.05, 0.1) is 5.69 Å². The highest BCUT2D eigenvalue weighted by molar-refractivity contribution is 5.92. The van der Waals surface area contributed by atoms with E-state index in [2.05, 4.69) is 262 Å². The Balaban J connectivity index is 0.722. The molecule has 0 unspecified atom stereocenters. The first-order valence-corrected chi connectivity index (χ1v) is 29.7. The predicted molar refractivity (Wildman–Crippen MR) is 348 cm³/mol. The number of nitrogens with zero attached hydrogens (tertiary/aromatic N) is 3. The molecule has 0 fully saturated rings. The highest BCUT2D eigenvalue weighted by Gasteiger charge is 2.40. The topological polar surface area (TPSA) is 38.7 Å². The van der Waals surface area contributed by atoms with Gasteiger partial charge in [-0.1, -0.05) is 183 Å². The Bertz CT molecular complexity index is 4460. The van der Waals surface area contributed by atoms with Gasteiger partial charge in [0.1, 0.15) is 0 Å². The monoisotopic (exact) mass is 1080 g/mol. The molecular formula is C81H63N3. The maximum Gasteiger partial charge on any atom is 0.159 e. The van der Waals surface area contributed by atoms with Gasteiger partial charge in [-0.25, -0.2) is 9.97 Å². The van der Waals surface area contributed by atoms with E-state index in [4.69, 9.17) is 15.0 Å². The van der Waals surface area contributed by atoms with Gasteiger partial charge >= 0.3 is 0 Å². The maximum atomic E-state index is 4.85. The third kappa shape index (κ3) is 7.47. The Morgan fingerprint density at radius 2 is 0.476 bits per heavy atom. The quantitative estimate of drug-likeness (QED) is 0.160. The number of benzene rings is 10. The standard InChI is InChI=1S/C81H63N3/c1-78(2)68-18-11-9-16-60(68)62-29-23-50(44-70(62)78)54-36-55(39-58(38-54)76-20-13-14-33-82-76)51-25-31-66-64-27-21-48(42-72(64)80(5,6)74(66)46-51)49-22-28-65-67-32-26-53(47-75(67)81(7,8)73(65)43-49)57-37-56(40-59(41-57)77-83-34-15-35-84-77)52-24-30-63-61-17-10-12-19-69(61)79(3,4)71(63)45-52/h9-47H,1-8H3. The van der Waals surface area contributed by atoms with Gasteiger partial charge in [-0.05, 0) is 236 Å². The summed E-state index contributed by atoms with van der Waals surface area (Å²) in [7, 11) is 0. The lowest BCUT2D eigenvalue weighted by molar-refractivity contribution is 0.660. The maximum absolute atomic E-state index is 4.85. The molecule has 0 bridgehead atoms. The van der Waals surface area contributed by atoms with Crippen LogP contribution in [0.25, 0.3) is 123 Å². The van der Waals surface area contributed by atoms with Crippen LogP contribution in [0.1, 0.15) is 99.9 Å². The third-order valence-electron chi connectivity index (χ3n) is 19.8. The lowest BCUT2D eigenvalue weighted by atomic mass is 9.79. The van der Waals surface area contributed by atoms with Crippen LogP contribution in [0.15, 0.2) is 237 Å². The second kappa shape index (κ2) is 18.0. The molecule has 4 aliphatic rings. The first kappa shape index (κ1) is 50.2. The van der Waals surface area contributed by atoms with Crippen molar-refractivity contribution in [1.29, 1.82) is 0 Å². The minimum atomic E-state index is -0.237. The number of pyridine rings is 1. The molecule has 0 aliphatic heterocycles. The molecular weight excluding hydrogens is 1010 g/mol. The van der Waals surface area contributed by atoms with Crippen LogP contribution in [0.2, 0.25) is 0 Å². The molecule has 84 heavy (non-hydrogen) atoms. The summed E-state index contributed by atoms with van der Waals surface area (Å²) in [5.74, 6) is 0.721. The lowest BCUT2D eigenvalue weighted by Gasteiger charge is -2.24. The number of fused-ring (bicyclic) bond motifs is 12. The first-order valence-electron chi connectivity index (χ1n) is 29.7. The van der Waals surface area contributed by atoms with E-state index in [1.165, 1.54) is 134 Å². The van der Waals surface area contributed by atoms with Gasteiger partial charge in [0.25, 0.3) is 0 Å². The van der Waals surface area contributed by atoms with Crippen molar-refractivity contribution in [2.45, 2.75) is 77.0 Å². The molecule has 0 amide bonds. The summed E-state index contributed by atoms with van der Waals surface area (Å²) in [6.07, 6.45) is 5.56. The van der Waals surface area contributed by atoms with E-state index in [1.807, 2.05) is 30.7 Å². The number of hydrogen-bond acceptors (Lipinski definition) is 3. The average Bonchev–Trinajstić information content (AvgIpc) is 1.80. The molecule has 0 N–H and O–H groups in total. The van der Waals surface area contributed by atoms with Gasteiger partial charge < -0.3 is 0 Å². The molecule has 3 heteroatoms. The predicted octanol–water partition coefficient (Wildman–Crippen LogP) is 20.8. The molecule has 12 aromatic rings. The van der Waals surface area contributed by atoms with Gasteiger partial charge in [-0.3, -0.25) is 4.98 Å². The van der Waals surface area contributed by atoms with Crippen molar-refractivity contribution < 1.29 is 0 Å². The Morgan fingerprint density at radius 1 is 0.202 bits per heavy atom. The molecule has 0 saturated heterocycles. The molecule has 3 nitrogen and oxygen atoms in total. The summed E-state index contributed by atoms with van der Waals surface area (Å²) in [5.41, 5.74) is 35.9. The second-order valence-electron chi connectivity index (χ2n) is 26.0. The van der Waals surface area contributed by atoms with Crippen molar-refractivity contribution in [2.24, 2.45) is 0 Å². The van der Waals surface area contributed by atoms with Crippen LogP contribution in [0.4, 0.5) is 0 Å². The normalized spacial score (nSPS) is 15.3. The zero-order valence-corrected chi connectivity index (χ0v) is 48.9. The minimum absolute atomic E-state index is 0.0882. The van der Waals surface area contributed by atoms with Gasteiger partial charge in [-0.2, -0.15) is 0 Å². The third-order valence-corrected chi connectivity index (χ3v) is 19.8. The van der Waals surface area contributed by atoms with E-state index in [1.54, 1.807) is 0 Å². The van der Waals surface area contributed by atoms with Crippen LogP contribution in [0.3, 0.4) is 0 Å². The van der Waals surface area contributed by atoms with Crippen molar-refractivity contribution >= 4 is 0 Å². The molecule has 0 radical (unpaired) electrons. The largest absolute Gasteiger partial charge is 0.256 e. The van der Waals surface area contributed by atoms with Crippen LogP contribution in [-0.4, -0.2) is 15.0 Å². The molecule has 2 heterocycles. The van der Waals surface area contributed by atoms with Crippen molar-refractivity contribution in [3.63, 3.8) is 0 Å². The SMILES string of the molecule is CC1(C)c2ccccc2-c2ccc(-c3cc(-c4ccc5c(c4)C(C)(C)c4cc(-c6ccc7c(c6)C(C)(C)c6cc(-c8cc(-c9ccc%10c(c9)C(C)(C)c9ccccc9-%10)cc(-c9ncccn9)c8)ccc6-7)ccc4-5)cc(-c4ccccn4)c3)cc21. The van der Waals surface area contributed by atoms with Crippen molar-refractivity contribution in [3.8, 4) is 123 Å². The van der Waals surface area contributed by atoms with E-state index in [-0.39, 0.29) is 21.7 Å². The molecule has 2 aromatic heterocycles. The summed E-state index contributed by atoms with van der Waals surface area (Å²) < 4.78 is 0. The van der Waals surface area contributed by atoms with Gasteiger partial charge in [-0.15, -0.1) is 0 Å². The zero-order valence-electron chi connectivity index (χ0n) is 48.9. The molecule has 10 aromatic carbocycles. The van der Waals surface area contributed by atoms with Crippen molar-refractivity contribution in [3.05, 3.63) is 281 Å². The van der Waals surface area contributed by atoms with Crippen LogP contribution >= 0.6 is 0 Å². The lowest BCUT2D eigenvalue weighted by Crippen LogP contribution is -2.15. The van der Waals surface area contributed by atoms with E-state index in [0.29, 0.717) is 0 Å². The zero-order chi connectivity index (χ0) is 57.0. The Kier molecular flexibility index (Phi) is 10.7. The van der Waals surface area contributed by atoms with Crippen LogP contribution in [0, 0.1) is 0 Å². The minimum Gasteiger partial charge on any atom is -0.256 e. The summed E-state index contributed by atoms with van der Waals surface area (Å²) in [5, 5.41) is 0. The smallest absolute Gasteiger partial charge is 0.159 e. The van der Waals surface area contributed by atoms with E-state index < -0.39 is 0 Å². The number of aromatic nitrogens is 3. The number of hydrogen-bond donors (Lipinski definition) is 0. The molecule has 16 rings (SSSR count). The second-order valence-corrected chi connectivity index (χ2v) is 26.0. The summed E-state index contributed by atoms with van der Waals surface area (Å²) >= 11 is 0. The Labute approximate surface area is 493 Å². The molecule has 0 spiro atoms. The van der Waals surface area contributed by atoms with Gasteiger partial charge in [0.15, 0.2) is 5.82 Å². The first-order chi connectivity index (χ1) is 40.6. The molecule has 0 saturated carbocycles. The molecule has 4 aliphatic carbocycles. The van der Waals surface area contributed by atoms with Crippen molar-refractivity contribution in [1.82, 2.24) is 15.0 Å². The van der Waals surface area contributed by atoms with Crippen LogP contribution < -0.4 is 0 Å². The van der Waals surface area contributed by atoms with Crippen LogP contribution in [0.5, 0.6) is 0 Å². The number of rotatable bonds is 7. The fraction of sp³-hybridized carbons (Fsp3) is 0.148. The van der Waals surface area contributed by atoms with E-state index in [9.17, 15) is 0 Å². The fourth-order valence-electron chi connectivity index (χ4n) is 15.1.